The molecule has 0 radical (unpaired) electrons. The van der Waals surface area contributed by atoms with E-state index < -0.39 is 23.8 Å². The molecule has 1 fully saturated rings. The quantitative estimate of drug-likeness (QED) is 0.554. The molecule has 0 heterocycles. The van der Waals surface area contributed by atoms with Crippen molar-refractivity contribution in [3.63, 3.8) is 0 Å². The number of rotatable bonds is 6. The summed E-state index contributed by atoms with van der Waals surface area (Å²) in [6.07, 6.45) is 0.597. The van der Waals surface area contributed by atoms with Crippen LogP contribution in [0.3, 0.4) is 0 Å². The van der Waals surface area contributed by atoms with Gasteiger partial charge in [0.1, 0.15) is 5.60 Å². The third-order valence-corrected chi connectivity index (χ3v) is 3.25. The fourth-order valence-electron chi connectivity index (χ4n) is 2.13. The van der Waals surface area contributed by atoms with E-state index in [0.29, 0.717) is 12.5 Å². The molecule has 5 N–H and O–H groups in total. The van der Waals surface area contributed by atoms with Crippen LogP contribution in [0.15, 0.2) is 0 Å². The molecule has 0 spiro atoms. The zero-order valence-electron chi connectivity index (χ0n) is 11.9. The number of carbonyl (C=O) groups is 1. The number of hydrogen-bond acceptors (Lipinski definition) is 5. The molecule has 1 amide bonds. The molecular formula is C13H26N2O4. The molecule has 3 atom stereocenters. The minimum absolute atomic E-state index is 0.0907. The second kappa shape index (κ2) is 6.54. The monoisotopic (exact) mass is 274 g/mol. The lowest BCUT2D eigenvalue weighted by atomic mass is 9.92. The predicted octanol–water partition coefficient (Wildman–Crippen LogP) is 0.218. The number of alkyl carbamates (subject to hydrolysis) is 1. The van der Waals surface area contributed by atoms with Crippen molar-refractivity contribution < 1.29 is 19.7 Å². The topological polar surface area (TPSA) is 105 Å². The van der Waals surface area contributed by atoms with Gasteiger partial charge in [-0.25, -0.2) is 4.79 Å². The molecule has 112 valence electrons. The minimum atomic E-state index is -0.852. The Morgan fingerprint density at radius 2 is 2.05 bits per heavy atom. The predicted molar refractivity (Wildman–Crippen MR) is 71.5 cm³/mol. The fraction of sp³-hybridized carbons (Fsp3) is 0.923. The molecule has 0 aromatic rings. The maximum atomic E-state index is 11.6. The zero-order chi connectivity index (χ0) is 14.6. The van der Waals surface area contributed by atoms with Gasteiger partial charge in [0, 0.05) is 5.92 Å². The van der Waals surface area contributed by atoms with Crippen molar-refractivity contribution in [2.75, 3.05) is 13.2 Å². The van der Waals surface area contributed by atoms with Crippen molar-refractivity contribution in [3.8, 4) is 0 Å². The van der Waals surface area contributed by atoms with Gasteiger partial charge in [-0.05, 0) is 46.1 Å². The van der Waals surface area contributed by atoms with E-state index in [9.17, 15) is 15.0 Å². The molecule has 19 heavy (non-hydrogen) atoms. The summed E-state index contributed by atoms with van der Waals surface area (Å²) >= 11 is 0. The van der Waals surface area contributed by atoms with Crippen LogP contribution in [-0.4, -0.2) is 47.2 Å². The van der Waals surface area contributed by atoms with E-state index >= 15 is 0 Å². The van der Waals surface area contributed by atoms with E-state index in [1.165, 1.54) is 0 Å². The summed E-state index contributed by atoms with van der Waals surface area (Å²) in [4.78, 5) is 11.6. The number of aliphatic hydroxyl groups is 2. The first-order valence-electron chi connectivity index (χ1n) is 6.77. The van der Waals surface area contributed by atoms with Gasteiger partial charge in [-0.1, -0.05) is 0 Å². The van der Waals surface area contributed by atoms with Crippen LogP contribution in [0, 0.1) is 11.8 Å². The Labute approximate surface area is 114 Å². The van der Waals surface area contributed by atoms with E-state index in [4.69, 9.17) is 10.5 Å². The van der Waals surface area contributed by atoms with Crippen molar-refractivity contribution in [2.45, 2.75) is 51.4 Å². The second-order valence-corrected chi connectivity index (χ2v) is 6.16. The second-order valence-electron chi connectivity index (χ2n) is 6.16. The first-order valence-corrected chi connectivity index (χ1v) is 6.77. The summed E-state index contributed by atoms with van der Waals surface area (Å²) in [6.45, 7) is 5.26. The Hall–Kier alpha value is -0.850. The van der Waals surface area contributed by atoms with Crippen molar-refractivity contribution >= 4 is 6.09 Å². The van der Waals surface area contributed by atoms with E-state index in [1.54, 1.807) is 20.8 Å². The van der Waals surface area contributed by atoms with Gasteiger partial charge in [-0.3, -0.25) is 0 Å². The molecule has 1 rings (SSSR count). The van der Waals surface area contributed by atoms with Gasteiger partial charge in [0.05, 0.1) is 18.8 Å². The van der Waals surface area contributed by atoms with Crippen molar-refractivity contribution in [1.29, 1.82) is 0 Å². The lowest BCUT2D eigenvalue weighted by Gasteiger charge is -2.29. The third kappa shape index (κ3) is 5.34. The Bertz CT molecular complexity index is 300. The van der Waals surface area contributed by atoms with Crippen molar-refractivity contribution in [1.82, 2.24) is 5.32 Å². The molecular weight excluding hydrogens is 248 g/mol. The Morgan fingerprint density at radius 3 is 2.42 bits per heavy atom. The molecule has 0 bridgehead atoms. The van der Waals surface area contributed by atoms with E-state index in [0.717, 1.165) is 12.8 Å². The van der Waals surface area contributed by atoms with Gasteiger partial charge < -0.3 is 26.0 Å². The summed E-state index contributed by atoms with van der Waals surface area (Å²) in [5.41, 5.74) is 5.04. The Morgan fingerprint density at radius 1 is 1.47 bits per heavy atom. The molecule has 0 saturated heterocycles. The van der Waals surface area contributed by atoms with Crippen LogP contribution in [0.1, 0.15) is 33.6 Å². The number of aliphatic hydroxyl groups excluding tert-OH is 2. The van der Waals surface area contributed by atoms with Crippen LogP contribution in [0.2, 0.25) is 0 Å². The highest BCUT2D eigenvalue weighted by atomic mass is 16.6. The standard InChI is InChI=1S/C13H26N2O4/c1-13(2,3)19-12(18)15-10(7-16)11(17)9(6-14)8-4-5-8/h8-11,16-17H,4-7,14H2,1-3H3,(H,15,18). The molecule has 0 aliphatic heterocycles. The highest BCUT2D eigenvalue weighted by Crippen LogP contribution is 2.38. The molecule has 6 nitrogen and oxygen atoms in total. The molecule has 1 saturated carbocycles. The lowest BCUT2D eigenvalue weighted by molar-refractivity contribution is 0.0175. The number of nitrogens with two attached hydrogens (primary N) is 1. The maximum Gasteiger partial charge on any atom is 0.408 e. The first kappa shape index (κ1) is 16.2. The number of hydrogen-bond donors (Lipinski definition) is 4. The summed E-state index contributed by atoms with van der Waals surface area (Å²) in [6, 6.07) is -0.746. The normalized spacial score (nSPS) is 20.5. The number of nitrogens with one attached hydrogen (secondary N) is 1. The minimum Gasteiger partial charge on any atom is -0.444 e. The molecule has 6 heteroatoms. The zero-order valence-corrected chi connectivity index (χ0v) is 11.9. The maximum absolute atomic E-state index is 11.6. The Kier molecular flexibility index (Phi) is 5.58. The molecule has 1 aliphatic carbocycles. The summed E-state index contributed by atoms with van der Waals surface area (Å²) in [5, 5.41) is 22.0. The van der Waals surface area contributed by atoms with Gasteiger partial charge in [0.15, 0.2) is 0 Å². The molecule has 3 unspecified atom stereocenters. The van der Waals surface area contributed by atoms with E-state index in [1.807, 2.05) is 0 Å². The average molecular weight is 274 g/mol. The largest absolute Gasteiger partial charge is 0.444 e. The molecule has 0 aromatic carbocycles. The fourth-order valence-corrected chi connectivity index (χ4v) is 2.13. The van der Waals surface area contributed by atoms with Crippen LogP contribution in [-0.2, 0) is 4.74 Å². The number of carbonyl (C=O) groups excluding carboxylic acids is 1. The highest BCUT2D eigenvalue weighted by Gasteiger charge is 2.38. The lowest BCUT2D eigenvalue weighted by Crippen LogP contribution is -2.51. The van der Waals surface area contributed by atoms with E-state index in [-0.39, 0.29) is 12.5 Å². The van der Waals surface area contributed by atoms with Gasteiger partial charge in [0.2, 0.25) is 0 Å². The average Bonchev–Trinajstić information content (AvgIpc) is 3.08. The summed E-state index contributed by atoms with van der Waals surface area (Å²) < 4.78 is 5.11. The van der Waals surface area contributed by atoms with Crippen LogP contribution >= 0.6 is 0 Å². The smallest absolute Gasteiger partial charge is 0.408 e. The SMILES string of the molecule is CC(C)(C)OC(=O)NC(CO)C(O)C(CN)C1CC1. The van der Waals surface area contributed by atoms with Crippen molar-refractivity contribution in [2.24, 2.45) is 17.6 Å². The van der Waals surface area contributed by atoms with Gasteiger partial charge >= 0.3 is 6.09 Å². The van der Waals surface area contributed by atoms with E-state index in [2.05, 4.69) is 5.32 Å². The van der Waals surface area contributed by atoms with Crippen LogP contribution in [0.25, 0.3) is 0 Å². The molecule has 1 aliphatic rings. The van der Waals surface area contributed by atoms with Gasteiger partial charge in [-0.2, -0.15) is 0 Å². The summed E-state index contributed by atoms with van der Waals surface area (Å²) in [7, 11) is 0. The van der Waals surface area contributed by atoms with Crippen molar-refractivity contribution in [3.05, 3.63) is 0 Å². The first-order chi connectivity index (χ1) is 8.78. The number of amides is 1. The van der Waals surface area contributed by atoms with Crippen LogP contribution in [0.5, 0.6) is 0 Å². The molecule has 0 aromatic heterocycles. The third-order valence-electron chi connectivity index (χ3n) is 3.25. The van der Waals surface area contributed by atoms with Gasteiger partial charge in [-0.15, -0.1) is 0 Å². The highest BCUT2D eigenvalue weighted by molar-refractivity contribution is 5.68. The van der Waals surface area contributed by atoms with Gasteiger partial charge in [0.25, 0.3) is 0 Å². The van der Waals surface area contributed by atoms with Crippen LogP contribution in [0.4, 0.5) is 4.79 Å². The number of ether oxygens (including phenoxy) is 1. The Balaban J connectivity index is 2.54. The summed E-state index contributed by atoms with van der Waals surface area (Å²) in [5.74, 6) is 0.307. The van der Waals surface area contributed by atoms with Crippen LogP contribution < -0.4 is 11.1 Å².